The minimum Gasteiger partial charge on any atom is -0.393 e. The third-order valence-corrected chi connectivity index (χ3v) is 10.5. The lowest BCUT2D eigenvalue weighted by atomic mass is 9.45. The zero-order chi connectivity index (χ0) is 21.9. The molecule has 0 heterocycles. The minimum atomic E-state index is -0.351. The van der Waals surface area contributed by atoms with Crippen LogP contribution in [0.15, 0.2) is 41.5 Å². The molecule has 1 N–H and O–H groups in total. The Bertz CT molecular complexity index is 912. The van der Waals surface area contributed by atoms with Crippen molar-refractivity contribution in [1.29, 1.82) is 5.26 Å². The number of aliphatic hydroxyl groups is 1. The fourth-order valence-corrected chi connectivity index (χ4v) is 8.79. The molecule has 0 aliphatic heterocycles. The topological polar surface area (TPSA) is 44.0 Å². The van der Waals surface area contributed by atoms with Gasteiger partial charge in [-0.1, -0.05) is 62.2 Å². The fourth-order valence-electron chi connectivity index (χ4n) is 8.79. The SMILES string of the molecule is C[C@H](Cc1ccccc1)[C@H]1CC[C@H]2C3=C(CC[C@]12C)[C@@]1(C)CC[C@@H](O)C[C@]1(C#N)CC3. The Labute approximate surface area is 188 Å². The number of fused-ring (bicyclic) bond motifs is 4. The highest BCUT2D eigenvalue weighted by Crippen LogP contribution is 2.68. The summed E-state index contributed by atoms with van der Waals surface area (Å²) in [5, 5.41) is 20.7. The molecule has 2 fully saturated rings. The number of benzene rings is 1. The first kappa shape index (κ1) is 21.3. The normalized spacial score (nSPS) is 42.9. The van der Waals surface area contributed by atoms with Gasteiger partial charge in [-0.2, -0.15) is 5.26 Å². The lowest BCUT2D eigenvalue weighted by Crippen LogP contribution is -2.51. The van der Waals surface area contributed by atoms with Crippen molar-refractivity contribution in [2.75, 3.05) is 0 Å². The highest BCUT2D eigenvalue weighted by atomic mass is 16.3. The molecule has 1 aromatic carbocycles. The maximum Gasteiger partial charge on any atom is 0.0700 e. The van der Waals surface area contributed by atoms with Crippen LogP contribution in [0.4, 0.5) is 0 Å². The largest absolute Gasteiger partial charge is 0.393 e. The van der Waals surface area contributed by atoms with Gasteiger partial charge in [0.25, 0.3) is 0 Å². The first-order valence-corrected chi connectivity index (χ1v) is 12.7. The summed E-state index contributed by atoms with van der Waals surface area (Å²) in [6, 6.07) is 13.8. The van der Waals surface area contributed by atoms with Gasteiger partial charge in [-0.3, -0.25) is 0 Å². The van der Waals surface area contributed by atoms with Crippen LogP contribution in [0.2, 0.25) is 0 Å². The van der Waals surface area contributed by atoms with Gasteiger partial charge < -0.3 is 5.11 Å². The van der Waals surface area contributed by atoms with E-state index in [9.17, 15) is 10.4 Å². The molecule has 0 bridgehead atoms. The lowest BCUT2D eigenvalue weighted by molar-refractivity contribution is -0.0253. The number of nitriles is 1. The van der Waals surface area contributed by atoms with E-state index in [-0.39, 0.29) is 16.9 Å². The van der Waals surface area contributed by atoms with Crippen molar-refractivity contribution in [2.24, 2.45) is 34.0 Å². The van der Waals surface area contributed by atoms with Crippen LogP contribution in [0.25, 0.3) is 0 Å². The minimum absolute atomic E-state index is 0.0242. The number of hydrogen-bond donors (Lipinski definition) is 1. The van der Waals surface area contributed by atoms with E-state index in [1.165, 1.54) is 37.7 Å². The van der Waals surface area contributed by atoms with Crippen LogP contribution in [0.5, 0.6) is 0 Å². The second kappa shape index (κ2) is 7.48. The van der Waals surface area contributed by atoms with Crippen LogP contribution in [-0.4, -0.2) is 11.2 Å². The van der Waals surface area contributed by atoms with Crippen molar-refractivity contribution >= 4 is 0 Å². The Balaban J connectivity index is 1.44. The zero-order valence-corrected chi connectivity index (χ0v) is 19.7. The molecule has 7 atom stereocenters. The van der Waals surface area contributed by atoms with Crippen molar-refractivity contribution < 1.29 is 5.11 Å². The van der Waals surface area contributed by atoms with Gasteiger partial charge in [0.1, 0.15) is 0 Å². The number of allylic oxidation sites excluding steroid dienone is 2. The average Bonchev–Trinajstić information content (AvgIpc) is 3.12. The first-order chi connectivity index (χ1) is 14.8. The lowest BCUT2D eigenvalue weighted by Gasteiger charge is -2.58. The summed E-state index contributed by atoms with van der Waals surface area (Å²) < 4.78 is 0. The smallest absolute Gasteiger partial charge is 0.0700 e. The van der Waals surface area contributed by atoms with Gasteiger partial charge >= 0.3 is 0 Å². The number of aliphatic hydroxyl groups excluding tert-OH is 1. The number of hydrogen-bond acceptors (Lipinski definition) is 2. The average molecular weight is 418 g/mol. The molecule has 0 radical (unpaired) electrons. The van der Waals surface area contributed by atoms with Crippen LogP contribution in [0.1, 0.15) is 84.1 Å². The monoisotopic (exact) mass is 417 g/mol. The van der Waals surface area contributed by atoms with E-state index in [1.807, 2.05) is 0 Å². The van der Waals surface area contributed by atoms with E-state index in [4.69, 9.17) is 0 Å². The molecule has 166 valence electrons. The molecule has 1 aromatic rings. The molecule has 4 aliphatic carbocycles. The van der Waals surface area contributed by atoms with E-state index in [1.54, 1.807) is 11.1 Å². The van der Waals surface area contributed by atoms with Gasteiger partial charge in [-0.05, 0) is 92.9 Å². The summed E-state index contributed by atoms with van der Waals surface area (Å²) >= 11 is 0. The van der Waals surface area contributed by atoms with Gasteiger partial charge in [0.15, 0.2) is 0 Å². The Morgan fingerprint density at radius 1 is 1.06 bits per heavy atom. The Hall–Kier alpha value is -1.59. The molecule has 0 aromatic heterocycles. The predicted molar refractivity (Wildman–Crippen MR) is 125 cm³/mol. The summed E-state index contributed by atoms with van der Waals surface area (Å²) in [4.78, 5) is 0. The molecule has 0 saturated heterocycles. The van der Waals surface area contributed by atoms with E-state index in [2.05, 4.69) is 57.2 Å². The standard InChI is InChI=1S/C29H39NO/c1-20(17-21-7-5-4-6-8-21)24-9-10-25-23-12-16-29(19-30)18-22(31)11-15-28(29,3)26(23)13-14-27(24,25)2/h4-8,20,22,24-25,31H,9-18H2,1-3H3/t20-,22-,24-,25+,27-,28-,29+/m1/s1. The quantitative estimate of drug-likeness (QED) is 0.547. The highest BCUT2D eigenvalue weighted by molar-refractivity contribution is 5.39. The maximum absolute atomic E-state index is 10.4. The third kappa shape index (κ3) is 3.06. The van der Waals surface area contributed by atoms with Gasteiger partial charge in [-0.25, -0.2) is 0 Å². The van der Waals surface area contributed by atoms with Crippen molar-refractivity contribution in [3.05, 3.63) is 47.0 Å². The third-order valence-electron chi connectivity index (χ3n) is 10.5. The van der Waals surface area contributed by atoms with Crippen LogP contribution in [0, 0.1) is 45.3 Å². The molecule has 2 heteroatoms. The van der Waals surface area contributed by atoms with E-state index < -0.39 is 0 Å². The van der Waals surface area contributed by atoms with Crippen LogP contribution in [0.3, 0.4) is 0 Å². The molecule has 2 saturated carbocycles. The van der Waals surface area contributed by atoms with Crippen molar-refractivity contribution in [3.8, 4) is 6.07 Å². The molecule has 0 spiro atoms. The van der Waals surface area contributed by atoms with Crippen LogP contribution >= 0.6 is 0 Å². The van der Waals surface area contributed by atoms with Gasteiger partial charge in [-0.15, -0.1) is 0 Å². The summed E-state index contributed by atoms with van der Waals surface area (Å²) in [7, 11) is 0. The molecule has 2 nitrogen and oxygen atoms in total. The van der Waals surface area contributed by atoms with Crippen molar-refractivity contribution in [2.45, 2.75) is 91.1 Å². The molecule has 31 heavy (non-hydrogen) atoms. The molecule has 4 aliphatic rings. The van der Waals surface area contributed by atoms with Gasteiger partial charge in [0, 0.05) is 5.41 Å². The second-order valence-corrected chi connectivity index (χ2v) is 11.8. The Kier molecular flexibility index (Phi) is 5.13. The fraction of sp³-hybridized carbons (Fsp3) is 0.690. The van der Waals surface area contributed by atoms with Crippen molar-refractivity contribution in [3.63, 3.8) is 0 Å². The van der Waals surface area contributed by atoms with E-state index in [0.29, 0.717) is 23.7 Å². The summed E-state index contributed by atoms with van der Waals surface area (Å²) in [6.45, 7) is 7.46. The van der Waals surface area contributed by atoms with Crippen molar-refractivity contribution in [1.82, 2.24) is 0 Å². The summed E-state index contributed by atoms with van der Waals surface area (Å²) in [5.74, 6) is 2.21. The molecular weight excluding hydrogens is 378 g/mol. The highest BCUT2D eigenvalue weighted by Gasteiger charge is 2.60. The number of rotatable bonds is 3. The maximum atomic E-state index is 10.4. The Morgan fingerprint density at radius 3 is 2.58 bits per heavy atom. The van der Waals surface area contributed by atoms with Gasteiger partial charge in [0.2, 0.25) is 0 Å². The zero-order valence-electron chi connectivity index (χ0n) is 19.7. The molecule has 0 amide bonds. The molecular formula is C29H39NO. The predicted octanol–water partition coefficient (Wildman–Crippen LogP) is 6.84. The Morgan fingerprint density at radius 2 is 1.84 bits per heavy atom. The first-order valence-electron chi connectivity index (χ1n) is 12.7. The van der Waals surface area contributed by atoms with Crippen LogP contribution in [-0.2, 0) is 6.42 Å². The van der Waals surface area contributed by atoms with Crippen LogP contribution < -0.4 is 0 Å². The summed E-state index contributed by atoms with van der Waals surface area (Å²) in [6.07, 6.45) is 10.6. The second-order valence-electron chi connectivity index (χ2n) is 11.8. The molecule has 5 rings (SSSR count). The summed E-state index contributed by atoms with van der Waals surface area (Å²) in [5.41, 5.74) is 4.89. The molecule has 0 unspecified atom stereocenters. The number of nitrogens with zero attached hydrogens (tertiary/aromatic N) is 1. The van der Waals surface area contributed by atoms with E-state index in [0.717, 1.165) is 31.6 Å². The van der Waals surface area contributed by atoms with E-state index >= 15 is 0 Å². The van der Waals surface area contributed by atoms with Gasteiger partial charge in [0.05, 0.1) is 17.6 Å².